The summed E-state index contributed by atoms with van der Waals surface area (Å²) in [6, 6.07) is 4.30. The number of guanidine groups is 1. The second-order valence-corrected chi connectivity index (χ2v) is 4.88. The Kier molecular flexibility index (Phi) is 11.2. The van der Waals surface area contributed by atoms with E-state index in [1.807, 2.05) is 6.92 Å². The minimum absolute atomic E-state index is 0. The smallest absolute Gasteiger partial charge is 0.416 e. The van der Waals surface area contributed by atoms with Crippen LogP contribution in [0.4, 0.5) is 13.2 Å². The Labute approximate surface area is 162 Å². The fourth-order valence-electron chi connectivity index (χ4n) is 1.69. The molecule has 1 aromatic rings. The number of halogens is 4. The molecule has 0 fully saturated rings. The monoisotopic (exact) mass is 473 g/mol. The molecule has 0 aliphatic carbocycles. The first kappa shape index (κ1) is 23.5. The van der Waals surface area contributed by atoms with Crippen molar-refractivity contribution in [1.82, 2.24) is 10.6 Å². The lowest BCUT2D eigenvalue weighted by molar-refractivity contribution is -0.137. The minimum atomic E-state index is -4.38. The highest BCUT2D eigenvalue weighted by molar-refractivity contribution is 14.0. The van der Waals surface area contributed by atoms with E-state index >= 15 is 0 Å². The van der Waals surface area contributed by atoms with Crippen molar-refractivity contribution in [2.24, 2.45) is 4.99 Å². The summed E-state index contributed by atoms with van der Waals surface area (Å²) in [5.74, 6) is 0.786. The van der Waals surface area contributed by atoms with Crippen LogP contribution < -0.4 is 15.4 Å². The van der Waals surface area contributed by atoms with Gasteiger partial charge in [-0.3, -0.25) is 4.99 Å². The van der Waals surface area contributed by atoms with Crippen molar-refractivity contribution in [2.75, 3.05) is 26.2 Å². The summed E-state index contributed by atoms with van der Waals surface area (Å²) in [6.45, 7) is 6.72. The zero-order valence-corrected chi connectivity index (χ0v) is 16.2. The maximum Gasteiger partial charge on any atom is 0.416 e. The van der Waals surface area contributed by atoms with E-state index < -0.39 is 17.8 Å². The summed E-state index contributed by atoms with van der Waals surface area (Å²) in [5, 5.41) is 15.8. The van der Waals surface area contributed by atoms with E-state index in [1.165, 1.54) is 12.1 Å². The maximum absolute atomic E-state index is 12.4. The van der Waals surface area contributed by atoms with Gasteiger partial charge in [0.15, 0.2) is 5.96 Å². The first-order valence-electron chi connectivity index (χ1n) is 7.48. The van der Waals surface area contributed by atoms with E-state index in [0.717, 1.165) is 12.1 Å². The van der Waals surface area contributed by atoms with Crippen molar-refractivity contribution >= 4 is 29.9 Å². The number of nitrogens with one attached hydrogen (secondary N) is 2. The quantitative estimate of drug-likeness (QED) is 0.235. The minimum Gasteiger partial charge on any atom is -0.491 e. The number of rotatable bonds is 8. The second-order valence-electron chi connectivity index (χ2n) is 4.88. The highest BCUT2D eigenvalue weighted by atomic mass is 127. The molecule has 0 spiro atoms. The van der Waals surface area contributed by atoms with Crippen LogP contribution in [-0.2, 0) is 6.18 Å². The molecular formula is C16H23F3IN3O2. The standard InChI is InChI=1S/C16H22F3N3O2.HI/c1-3-9-21-15(20-4-2)22-10-13(23)11-24-14-7-5-12(6-8-14)16(17,18)19;/h3,5-8,13,23H,1,4,9-11H2,2H3,(H2,20,21,22);1H. The Hall–Kier alpha value is -1.49. The third-order valence-electron chi connectivity index (χ3n) is 2.84. The maximum atomic E-state index is 12.4. The third-order valence-corrected chi connectivity index (χ3v) is 2.84. The lowest BCUT2D eigenvalue weighted by Crippen LogP contribution is -2.38. The van der Waals surface area contributed by atoms with Crippen LogP contribution in [0.3, 0.4) is 0 Å². The zero-order valence-electron chi connectivity index (χ0n) is 13.8. The van der Waals surface area contributed by atoms with Gasteiger partial charge < -0.3 is 20.5 Å². The summed E-state index contributed by atoms with van der Waals surface area (Å²) < 4.78 is 42.6. The van der Waals surface area contributed by atoms with Gasteiger partial charge in [-0.05, 0) is 31.2 Å². The number of benzene rings is 1. The van der Waals surface area contributed by atoms with Crippen molar-refractivity contribution in [1.29, 1.82) is 0 Å². The number of aliphatic imine (C=N–C) groups is 1. The van der Waals surface area contributed by atoms with Gasteiger partial charge in [0, 0.05) is 13.1 Å². The lowest BCUT2D eigenvalue weighted by Gasteiger charge is -2.13. The first-order chi connectivity index (χ1) is 11.4. The number of alkyl halides is 3. The predicted octanol–water partition coefficient (Wildman–Crippen LogP) is 2.80. The average molecular weight is 473 g/mol. The van der Waals surface area contributed by atoms with E-state index in [1.54, 1.807) is 6.08 Å². The van der Waals surface area contributed by atoms with E-state index in [9.17, 15) is 18.3 Å². The van der Waals surface area contributed by atoms with Crippen LogP contribution in [0.2, 0.25) is 0 Å². The Balaban J connectivity index is 0.00000576. The molecule has 1 atom stereocenters. The third kappa shape index (κ3) is 9.54. The van der Waals surface area contributed by atoms with Gasteiger partial charge in [-0.2, -0.15) is 13.2 Å². The Morgan fingerprint density at radius 3 is 2.48 bits per heavy atom. The largest absolute Gasteiger partial charge is 0.491 e. The number of hydrogen-bond acceptors (Lipinski definition) is 3. The lowest BCUT2D eigenvalue weighted by atomic mass is 10.2. The van der Waals surface area contributed by atoms with Crippen LogP contribution in [0.1, 0.15) is 12.5 Å². The molecule has 0 bridgehead atoms. The first-order valence-corrected chi connectivity index (χ1v) is 7.48. The second kappa shape index (κ2) is 12.0. The molecule has 0 aromatic heterocycles. The average Bonchev–Trinajstić information content (AvgIpc) is 2.55. The van der Waals surface area contributed by atoms with Crippen LogP contribution in [-0.4, -0.2) is 43.4 Å². The molecule has 9 heteroatoms. The number of aliphatic hydroxyl groups is 1. The number of ether oxygens (including phenoxy) is 1. The molecule has 0 amide bonds. The van der Waals surface area contributed by atoms with Crippen LogP contribution in [0.15, 0.2) is 41.9 Å². The molecule has 142 valence electrons. The molecular weight excluding hydrogens is 450 g/mol. The van der Waals surface area contributed by atoms with Gasteiger partial charge >= 0.3 is 6.18 Å². The van der Waals surface area contributed by atoms with Crippen LogP contribution in [0.5, 0.6) is 5.75 Å². The summed E-state index contributed by atoms with van der Waals surface area (Å²) in [6.07, 6.45) is -3.59. The van der Waals surface area contributed by atoms with Crippen molar-refractivity contribution in [2.45, 2.75) is 19.2 Å². The summed E-state index contributed by atoms with van der Waals surface area (Å²) in [5.41, 5.74) is -0.747. The molecule has 0 heterocycles. The van der Waals surface area contributed by atoms with Crippen molar-refractivity contribution in [3.63, 3.8) is 0 Å². The zero-order chi connectivity index (χ0) is 18.0. The van der Waals surface area contributed by atoms with Crippen molar-refractivity contribution in [3.8, 4) is 5.75 Å². The fourth-order valence-corrected chi connectivity index (χ4v) is 1.69. The SMILES string of the molecule is C=CCNC(=NCC(O)COc1ccc(C(F)(F)F)cc1)NCC.I. The van der Waals surface area contributed by atoms with E-state index in [-0.39, 0.29) is 42.9 Å². The molecule has 0 aliphatic heterocycles. The van der Waals surface area contributed by atoms with Crippen LogP contribution in [0.25, 0.3) is 0 Å². The molecule has 0 radical (unpaired) electrons. The van der Waals surface area contributed by atoms with Gasteiger partial charge in [0.25, 0.3) is 0 Å². The molecule has 1 unspecified atom stereocenters. The number of hydrogen-bond donors (Lipinski definition) is 3. The normalized spacial score (nSPS) is 12.8. The predicted molar refractivity (Wildman–Crippen MR) is 103 cm³/mol. The Morgan fingerprint density at radius 1 is 1.32 bits per heavy atom. The van der Waals surface area contributed by atoms with Gasteiger partial charge in [-0.15, -0.1) is 30.6 Å². The molecule has 25 heavy (non-hydrogen) atoms. The molecule has 3 N–H and O–H groups in total. The highest BCUT2D eigenvalue weighted by Crippen LogP contribution is 2.30. The van der Waals surface area contributed by atoms with E-state index in [2.05, 4.69) is 22.2 Å². The molecule has 0 saturated carbocycles. The van der Waals surface area contributed by atoms with Gasteiger partial charge in [0.05, 0.1) is 12.1 Å². The summed E-state index contributed by atoms with van der Waals surface area (Å²) in [7, 11) is 0. The number of nitrogens with zero attached hydrogens (tertiary/aromatic N) is 1. The topological polar surface area (TPSA) is 65.9 Å². The molecule has 0 saturated heterocycles. The Morgan fingerprint density at radius 2 is 1.96 bits per heavy atom. The molecule has 1 rings (SSSR count). The Bertz CT molecular complexity index is 536. The van der Waals surface area contributed by atoms with Gasteiger partial charge in [-0.25, -0.2) is 0 Å². The highest BCUT2D eigenvalue weighted by Gasteiger charge is 2.30. The van der Waals surface area contributed by atoms with Crippen LogP contribution in [0, 0.1) is 0 Å². The van der Waals surface area contributed by atoms with Crippen molar-refractivity contribution in [3.05, 3.63) is 42.5 Å². The van der Waals surface area contributed by atoms with Crippen LogP contribution >= 0.6 is 24.0 Å². The summed E-state index contributed by atoms with van der Waals surface area (Å²) >= 11 is 0. The molecule has 0 aliphatic rings. The molecule has 5 nitrogen and oxygen atoms in total. The summed E-state index contributed by atoms with van der Waals surface area (Å²) in [4.78, 5) is 4.18. The van der Waals surface area contributed by atoms with E-state index in [0.29, 0.717) is 19.0 Å². The van der Waals surface area contributed by atoms with E-state index in [4.69, 9.17) is 4.74 Å². The molecule has 1 aromatic carbocycles. The van der Waals surface area contributed by atoms with Gasteiger partial charge in [-0.1, -0.05) is 6.08 Å². The van der Waals surface area contributed by atoms with Gasteiger partial charge in [0.2, 0.25) is 0 Å². The fraction of sp³-hybridized carbons (Fsp3) is 0.438. The number of aliphatic hydroxyl groups excluding tert-OH is 1. The van der Waals surface area contributed by atoms with Crippen molar-refractivity contribution < 1.29 is 23.0 Å². The van der Waals surface area contributed by atoms with Gasteiger partial charge in [0.1, 0.15) is 18.5 Å².